The molecule has 0 spiro atoms. The maximum Gasteiger partial charge on any atom is 0.338 e. The standard InChI is InChI=1S/C19H18N2O4/c1-11-14(19(23)25-3)5-4-6-15(11)21-18(22)17-9-12-7-8-13(24-2)10-16(12)20-17/h4-10,20H,1-3H3,(H,21,22). The summed E-state index contributed by atoms with van der Waals surface area (Å²) in [5.74, 6) is -0.0190. The number of methoxy groups -OCH3 is 2. The van der Waals surface area contributed by atoms with Gasteiger partial charge in [-0.15, -0.1) is 0 Å². The highest BCUT2D eigenvalue weighted by Gasteiger charge is 2.15. The van der Waals surface area contributed by atoms with Crippen LogP contribution in [0, 0.1) is 6.92 Å². The molecule has 1 amide bonds. The van der Waals surface area contributed by atoms with Gasteiger partial charge in [0.05, 0.1) is 19.8 Å². The van der Waals surface area contributed by atoms with Crippen LogP contribution >= 0.6 is 0 Å². The first-order chi connectivity index (χ1) is 12.0. The van der Waals surface area contributed by atoms with Crippen LogP contribution in [0.2, 0.25) is 0 Å². The van der Waals surface area contributed by atoms with E-state index in [2.05, 4.69) is 10.3 Å². The monoisotopic (exact) mass is 338 g/mol. The topological polar surface area (TPSA) is 80.4 Å². The zero-order valence-corrected chi connectivity index (χ0v) is 14.2. The third-order valence-electron chi connectivity index (χ3n) is 4.06. The lowest BCUT2D eigenvalue weighted by Crippen LogP contribution is -2.14. The van der Waals surface area contributed by atoms with Crippen molar-refractivity contribution in [3.63, 3.8) is 0 Å². The number of aromatic nitrogens is 1. The number of fused-ring (bicyclic) bond motifs is 1. The molecule has 0 atom stereocenters. The van der Waals surface area contributed by atoms with Crippen molar-refractivity contribution in [2.75, 3.05) is 19.5 Å². The van der Waals surface area contributed by atoms with Crippen LogP contribution in [0.15, 0.2) is 42.5 Å². The number of aromatic amines is 1. The Balaban J connectivity index is 1.89. The fourth-order valence-electron chi connectivity index (χ4n) is 2.65. The largest absolute Gasteiger partial charge is 0.497 e. The van der Waals surface area contributed by atoms with Crippen LogP contribution in [-0.2, 0) is 4.74 Å². The van der Waals surface area contributed by atoms with Gasteiger partial charge >= 0.3 is 5.97 Å². The molecule has 0 radical (unpaired) electrons. The molecule has 0 aliphatic rings. The van der Waals surface area contributed by atoms with Gasteiger partial charge in [0, 0.05) is 22.7 Å². The number of ether oxygens (including phenoxy) is 2. The summed E-state index contributed by atoms with van der Waals surface area (Å²) in [5.41, 5.74) is 2.86. The molecule has 1 aromatic heterocycles. The summed E-state index contributed by atoms with van der Waals surface area (Å²) in [4.78, 5) is 27.4. The first-order valence-corrected chi connectivity index (χ1v) is 7.69. The van der Waals surface area contributed by atoms with Gasteiger partial charge in [-0.05, 0) is 42.8 Å². The number of esters is 1. The van der Waals surface area contributed by atoms with Crippen LogP contribution in [0.5, 0.6) is 5.75 Å². The SMILES string of the molecule is COC(=O)c1cccc(NC(=O)c2cc3ccc(OC)cc3[nH]2)c1C. The second kappa shape index (κ2) is 6.68. The molecule has 0 saturated carbocycles. The second-order valence-corrected chi connectivity index (χ2v) is 5.56. The van der Waals surface area contributed by atoms with E-state index in [1.165, 1.54) is 7.11 Å². The lowest BCUT2D eigenvalue weighted by molar-refractivity contribution is 0.0599. The van der Waals surface area contributed by atoms with E-state index in [4.69, 9.17) is 9.47 Å². The van der Waals surface area contributed by atoms with E-state index in [1.807, 2.05) is 18.2 Å². The minimum absolute atomic E-state index is 0.291. The number of nitrogens with one attached hydrogen (secondary N) is 2. The predicted octanol–water partition coefficient (Wildman–Crippen LogP) is 3.52. The van der Waals surface area contributed by atoms with Crippen LogP contribution in [0.3, 0.4) is 0 Å². The lowest BCUT2D eigenvalue weighted by Gasteiger charge is -2.10. The Morgan fingerprint density at radius 2 is 1.88 bits per heavy atom. The molecule has 0 saturated heterocycles. The average Bonchev–Trinajstić information content (AvgIpc) is 3.06. The van der Waals surface area contributed by atoms with Crippen molar-refractivity contribution < 1.29 is 19.1 Å². The molecule has 1 heterocycles. The third-order valence-corrected chi connectivity index (χ3v) is 4.06. The smallest absolute Gasteiger partial charge is 0.338 e. The maximum absolute atomic E-state index is 12.6. The summed E-state index contributed by atoms with van der Waals surface area (Å²) >= 11 is 0. The summed E-state index contributed by atoms with van der Waals surface area (Å²) in [5, 5.41) is 3.73. The van der Waals surface area contributed by atoms with Gasteiger partial charge in [-0.2, -0.15) is 0 Å². The molecule has 0 bridgehead atoms. The lowest BCUT2D eigenvalue weighted by atomic mass is 10.1. The van der Waals surface area contributed by atoms with E-state index < -0.39 is 5.97 Å². The predicted molar refractivity (Wildman–Crippen MR) is 95.3 cm³/mol. The van der Waals surface area contributed by atoms with E-state index in [0.717, 1.165) is 10.9 Å². The highest BCUT2D eigenvalue weighted by Crippen LogP contribution is 2.23. The highest BCUT2D eigenvalue weighted by atomic mass is 16.5. The zero-order chi connectivity index (χ0) is 18.0. The van der Waals surface area contributed by atoms with Crippen LogP contribution in [0.4, 0.5) is 5.69 Å². The van der Waals surface area contributed by atoms with E-state index in [0.29, 0.717) is 28.3 Å². The summed E-state index contributed by atoms with van der Waals surface area (Å²) in [6.07, 6.45) is 0. The number of H-pyrrole nitrogens is 1. The number of rotatable bonds is 4. The molecule has 3 rings (SSSR count). The third kappa shape index (κ3) is 3.19. The fourth-order valence-corrected chi connectivity index (χ4v) is 2.65. The Labute approximate surface area is 144 Å². The Kier molecular flexibility index (Phi) is 4.43. The number of anilines is 1. The molecule has 6 nitrogen and oxygen atoms in total. The molecule has 25 heavy (non-hydrogen) atoms. The van der Waals surface area contributed by atoms with Gasteiger partial charge in [-0.1, -0.05) is 6.07 Å². The summed E-state index contributed by atoms with van der Waals surface area (Å²) in [6.45, 7) is 1.76. The molecule has 0 aliphatic carbocycles. The van der Waals surface area contributed by atoms with Crippen LogP contribution in [0.1, 0.15) is 26.4 Å². The normalized spacial score (nSPS) is 10.5. The van der Waals surface area contributed by atoms with Gasteiger partial charge in [0.25, 0.3) is 5.91 Å². The van der Waals surface area contributed by atoms with Crippen LogP contribution < -0.4 is 10.1 Å². The van der Waals surface area contributed by atoms with Crippen molar-refractivity contribution in [3.05, 3.63) is 59.3 Å². The number of hydrogen-bond donors (Lipinski definition) is 2. The molecule has 2 N–H and O–H groups in total. The van der Waals surface area contributed by atoms with Crippen molar-refractivity contribution in [1.29, 1.82) is 0 Å². The number of carbonyl (C=O) groups is 2. The van der Waals surface area contributed by atoms with Crippen LogP contribution in [0.25, 0.3) is 10.9 Å². The van der Waals surface area contributed by atoms with Crippen molar-refractivity contribution in [1.82, 2.24) is 4.98 Å². The van der Waals surface area contributed by atoms with E-state index in [1.54, 1.807) is 38.3 Å². The van der Waals surface area contributed by atoms with Gasteiger partial charge < -0.3 is 19.8 Å². The van der Waals surface area contributed by atoms with E-state index in [-0.39, 0.29) is 5.91 Å². The Hall–Kier alpha value is -3.28. The quantitative estimate of drug-likeness (QED) is 0.713. The summed E-state index contributed by atoms with van der Waals surface area (Å²) in [7, 11) is 2.92. The van der Waals surface area contributed by atoms with Gasteiger partial charge in [0.2, 0.25) is 0 Å². The molecule has 0 aliphatic heterocycles. The maximum atomic E-state index is 12.6. The van der Waals surface area contributed by atoms with Crippen molar-refractivity contribution in [2.24, 2.45) is 0 Å². The minimum atomic E-state index is -0.439. The molecule has 2 aromatic carbocycles. The summed E-state index contributed by atoms with van der Waals surface area (Å²) < 4.78 is 9.94. The Morgan fingerprint density at radius 3 is 2.60 bits per heavy atom. The number of carbonyl (C=O) groups excluding carboxylic acids is 2. The van der Waals surface area contributed by atoms with Crippen LogP contribution in [-0.4, -0.2) is 31.1 Å². The second-order valence-electron chi connectivity index (χ2n) is 5.56. The molecular formula is C19H18N2O4. The molecule has 128 valence electrons. The van der Waals surface area contributed by atoms with E-state index in [9.17, 15) is 9.59 Å². The fraction of sp³-hybridized carbons (Fsp3) is 0.158. The van der Waals surface area contributed by atoms with Crippen molar-refractivity contribution >= 4 is 28.5 Å². The average molecular weight is 338 g/mol. The van der Waals surface area contributed by atoms with Gasteiger partial charge in [0.1, 0.15) is 11.4 Å². The Morgan fingerprint density at radius 1 is 1.08 bits per heavy atom. The first kappa shape index (κ1) is 16.6. The van der Waals surface area contributed by atoms with Gasteiger partial charge in [0.15, 0.2) is 0 Å². The van der Waals surface area contributed by atoms with E-state index >= 15 is 0 Å². The highest BCUT2D eigenvalue weighted by molar-refractivity contribution is 6.07. The molecule has 0 fully saturated rings. The molecule has 3 aromatic rings. The first-order valence-electron chi connectivity index (χ1n) is 7.69. The number of amides is 1. The van der Waals surface area contributed by atoms with Gasteiger partial charge in [-0.25, -0.2) is 4.79 Å². The van der Waals surface area contributed by atoms with Gasteiger partial charge in [-0.3, -0.25) is 4.79 Å². The zero-order valence-electron chi connectivity index (χ0n) is 14.2. The molecule has 6 heteroatoms. The van der Waals surface area contributed by atoms with Crippen molar-refractivity contribution in [2.45, 2.75) is 6.92 Å². The Bertz CT molecular complexity index is 959. The summed E-state index contributed by atoms with van der Waals surface area (Å²) in [6, 6.07) is 12.4. The number of benzene rings is 2. The molecule has 0 unspecified atom stereocenters. The minimum Gasteiger partial charge on any atom is -0.497 e. The number of hydrogen-bond acceptors (Lipinski definition) is 4. The van der Waals surface area contributed by atoms with Crippen molar-refractivity contribution in [3.8, 4) is 5.75 Å². The molecular weight excluding hydrogens is 320 g/mol.